The van der Waals surface area contributed by atoms with E-state index in [-0.39, 0.29) is 6.71 Å². The van der Waals surface area contributed by atoms with E-state index in [0.717, 1.165) is 22.5 Å². The minimum absolute atomic E-state index is 0.119. The summed E-state index contributed by atoms with van der Waals surface area (Å²) in [6.45, 7) is 0.119. The van der Waals surface area contributed by atoms with Crippen LogP contribution in [0.1, 0.15) is 0 Å². The first-order valence-corrected chi connectivity index (χ1v) is 14.1. The van der Waals surface area contributed by atoms with Crippen LogP contribution >= 0.6 is 11.3 Å². The molecule has 39 heavy (non-hydrogen) atoms. The van der Waals surface area contributed by atoms with Crippen molar-refractivity contribution in [2.45, 2.75) is 0 Å². The molecule has 5 heteroatoms. The van der Waals surface area contributed by atoms with E-state index in [1.807, 2.05) is 17.4 Å². The number of hydrogen-bond acceptors (Lipinski definition) is 4. The molecule has 2 aliphatic rings. The van der Waals surface area contributed by atoms with Gasteiger partial charge in [-0.1, -0.05) is 72.8 Å². The zero-order valence-corrected chi connectivity index (χ0v) is 21.7. The van der Waals surface area contributed by atoms with E-state index in [1.54, 1.807) is 0 Å². The molecule has 0 aliphatic carbocycles. The van der Waals surface area contributed by atoms with Crippen LogP contribution in [0.5, 0.6) is 0 Å². The molecular formula is C34H21BN2OS. The highest BCUT2D eigenvalue weighted by Crippen LogP contribution is 2.49. The summed E-state index contributed by atoms with van der Waals surface area (Å²) < 4.78 is 9.18. The predicted octanol–water partition coefficient (Wildman–Crippen LogP) is 7.73. The van der Waals surface area contributed by atoms with Gasteiger partial charge in [0.1, 0.15) is 5.58 Å². The van der Waals surface area contributed by atoms with Crippen LogP contribution in [0.15, 0.2) is 132 Å². The third-order valence-electron chi connectivity index (χ3n) is 8.04. The molecule has 2 aliphatic heterocycles. The van der Waals surface area contributed by atoms with Gasteiger partial charge in [-0.05, 0) is 65.5 Å². The van der Waals surface area contributed by atoms with Crippen LogP contribution in [0.25, 0.3) is 21.3 Å². The molecule has 9 rings (SSSR count). The Morgan fingerprint density at radius 3 is 1.97 bits per heavy atom. The number of benzene rings is 5. The van der Waals surface area contributed by atoms with Gasteiger partial charge in [-0.25, -0.2) is 0 Å². The molecule has 2 aromatic heterocycles. The Hall–Kier alpha value is -4.74. The Labute approximate surface area is 230 Å². The van der Waals surface area contributed by atoms with Gasteiger partial charge < -0.3 is 14.2 Å². The Kier molecular flexibility index (Phi) is 4.29. The molecule has 0 unspecified atom stereocenters. The summed E-state index contributed by atoms with van der Waals surface area (Å²) >= 11 is 1.88. The molecule has 0 radical (unpaired) electrons. The first kappa shape index (κ1) is 21.2. The lowest BCUT2D eigenvalue weighted by molar-refractivity contribution is 0.670. The maximum Gasteiger partial charge on any atom is 0.264 e. The predicted molar refractivity (Wildman–Crippen MR) is 166 cm³/mol. The van der Waals surface area contributed by atoms with Gasteiger partial charge >= 0.3 is 0 Å². The number of rotatable bonds is 2. The van der Waals surface area contributed by atoms with Crippen LogP contribution in [0.4, 0.5) is 34.1 Å². The lowest BCUT2D eigenvalue weighted by atomic mass is 9.36. The third kappa shape index (κ3) is 2.83. The number of para-hydroxylation sites is 4. The van der Waals surface area contributed by atoms with E-state index in [0.29, 0.717) is 0 Å². The van der Waals surface area contributed by atoms with Crippen molar-refractivity contribution in [3.63, 3.8) is 0 Å². The summed E-state index contributed by atoms with van der Waals surface area (Å²) in [6.07, 6.45) is 0. The van der Waals surface area contributed by atoms with Crippen LogP contribution < -0.4 is 25.5 Å². The number of fused-ring (bicyclic) bond motifs is 8. The second-order valence-electron chi connectivity index (χ2n) is 10.1. The van der Waals surface area contributed by atoms with Crippen molar-refractivity contribution in [1.82, 2.24) is 0 Å². The number of thiophene rings is 1. The van der Waals surface area contributed by atoms with E-state index < -0.39 is 0 Å². The molecule has 0 amide bonds. The molecular weight excluding hydrogens is 495 g/mol. The fourth-order valence-electron chi connectivity index (χ4n) is 6.50. The van der Waals surface area contributed by atoms with Gasteiger partial charge in [0.25, 0.3) is 6.71 Å². The Balaban J connectivity index is 1.43. The molecule has 5 aromatic carbocycles. The maximum absolute atomic E-state index is 6.64. The molecule has 3 nitrogen and oxygen atoms in total. The zero-order valence-electron chi connectivity index (χ0n) is 20.9. The quantitative estimate of drug-likeness (QED) is 0.219. The van der Waals surface area contributed by atoms with Crippen LogP contribution in [0.2, 0.25) is 0 Å². The average Bonchev–Trinajstić information content (AvgIpc) is 3.54. The summed E-state index contributed by atoms with van der Waals surface area (Å²) in [5.74, 6) is 0. The fourth-order valence-corrected chi connectivity index (χ4v) is 7.87. The fraction of sp³-hybridized carbons (Fsp3) is 0. The van der Waals surface area contributed by atoms with Crippen molar-refractivity contribution in [1.29, 1.82) is 0 Å². The molecule has 4 heterocycles. The van der Waals surface area contributed by atoms with Crippen molar-refractivity contribution < 1.29 is 4.42 Å². The Bertz CT molecular complexity index is 2050. The third-order valence-corrected chi connectivity index (χ3v) is 9.30. The molecule has 0 saturated carbocycles. The van der Waals surface area contributed by atoms with Crippen molar-refractivity contribution >= 4 is 89.1 Å². The molecule has 0 N–H and O–H groups in total. The molecule has 0 bridgehead atoms. The highest BCUT2D eigenvalue weighted by atomic mass is 32.1. The summed E-state index contributed by atoms with van der Waals surface area (Å²) in [5, 5.41) is 1.18. The van der Waals surface area contributed by atoms with Crippen LogP contribution in [-0.4, -0.2) is 6.71 Å². The van der Waals surface area contributed by atoms with Gasteiger partial charge in [0.2, 0.25) is 0 Å². The van der Waals surface area contributed by atoms with Gasteiger partial charge in [0, 0.05) is 38.6 Å². The first-order valence-electron chi connectivity index (χ1n) is 13.2. The molecule has 7 aromatic rings. The van der Waals surface area contributed by atoms with Gasteiger partial charge in [-0.15, -0.1) is 11.3 Å². The van der Waals surface area contributed by atoms with E-state index in [2.05, 4.69) is 131 Å². The van der Waals surface area contributed by atoms with Gasteiger partial charge in [0.05, 0.1) is 10.4 Å². The molecule has 0 saturated heterocycles. The topological polar surface area (TPSA) is 19.6 Å². The van der Waals surface area contributed by atoms with Gasteiger partial charge in [-0.2, -0.15) is 0 Å². The highest BCUT2D eigenvalue weighted by Gasteiger charge is 2.45. The monoisotopic (exact) mass is 516 g/mol. The summed E-state index contributed by atoms with van der Waals surface area (Å²) in [4.78, 5) is 4.84. The summed E-state index contributed by atoms with van der Waals surface area (Å²) in [7, 11) is 0. The SMILES string of the molecule is c1ccc(N2c3ccccc3B3c4sc5c(oc6ccccc65)c4N(c4ccccc4)c4cccc2c43)cc1. The Morgan fingerprint density at radius 1 is 0.564 bits per heavy atom. The molecule has 0 spiro atoms. The van der Waals surface area contributed by atoms with Crippen molar-refractivity contribution in [3.8, 4) is 0 Å². The van der Waals surface area contributed by atoms with E-state index in [1.165, 1.54) is 48.5 Å². The molecule has 0 atom stereocenters. The Morgan fingerprint density at radius 2 is 1.18 bits per heavy atom. The lowest BCUT2D eigenvalue weighted by Gasteiger charge is -2.42. The highest BCUT2D eigenvalue weighted by molar-refractivity contribution is 7.34. The number of hydrogen-bond donors (Lipinski definition) is 0. The standard InChI is InChI=1S/C34H21BN2OS/c1-3-12-22(13-4-1)36-26-18-9-8-17-25(26)35-30-27(36)19-11-20-28(30)37(23-14-5-2-6-15-23)31-32-33(39-34(31)35)24-16-7-10-21-29(24)38-32/h1-21H. The normalized spacial score (nSPS) is 13.5. The van der Waals surface area contributed by atoms with Gasteiger partial charge in [0.15, 0.2) is 5.58 Å². The summed E-state index contributed by atoms with van der Waals surface area (Å²) in [5.41, 5.74) is 11.7. The van der Waals surface area contributed by atoms with E-state index in [9.17, 15) is 0 Å². The van der Waals surface area contributed by atoms with E-state index in [4.69, 9.17) is 4.42 Å². The lowest BCUT2D eigenvalue weighted by Crippen LogP contribution is -2.60. The van der Waals surface area contributed by atoms with Crippen molar-refractivity contribution in [3.05, 3.63) is 127 Å². The average molecular weight is 516 g/mol. The van der Waals surface area contributed by atoms with Crippen molar-refractivity contribution in [2.24, 2.45) is 0 Å². The summed E-state index contributed by atoms with van der Waals surface area (Å²) in [6, 6.07) is 45.4. The van der Waals surface area contributed by atoms with Gasteiger partial charge in [-0.3, -0.25) is 0 Å². The maximum atomic E-state index is 6.64. The molecule has 182 valence electrons. The minimum atomic E-state index is 0.119. The second kappa shape index (κ2) is 7.89. The second-order valence-corrected chi connectivity index (χ2v) is 11.2. The van der Waals surface area contributed by atoms with Crippen LogP contribution in [-0.2, 0) is 0 Å². The van der Waals surface area contributed by atoms with Crippen LogP contribution in [0, 0.1) is 0 Å². The molecule has 0 fully saturated rings. The number of nitrogens with zero attached hydrogens (tertiary/aromatic N) is 2. The number of furan rings is 1. The largest absolute Gasteiger partial charge is 0.453 e. The first-order chi connectivity index (χ1) is 19.4. The zero-order chi connectivity index (χ0) is 25.5. The minimum Gasteiger partial charge on any atom is -0.453 e. The van der Waals surface area contributed by atoms with Crippen LogP contribution in [0.3, 0.4) is 0 Å². The number of anilines is 6. The smallest absolute Gasteiger partial charge is 0.264 e. The van der Waals surface area contributed by atoms with E-state index >= 15 is 0 Å². The van der Waals surface area contributed by atoms with Crippen molar-refractivity contribution in [2.75, 3.05) is 9.80 Å².